The van der Waals surface area contributed by atoms with Crippen molar-refractivity contribution in [2.24, 2.45) is 0 Å². The van der Waals surface area contributed by atoms with Gasteiger partial charge in [0.2, 0.25) is 6.29 Å². The van der Waals surface area contributed by atoms with Crippen molar-refractivity contribution in [2.45, 2.75) is 80.9 Å². The van der Waals surface area contributed by atoms with Crippen molar-refractivity contribution >= 4 is 5.78 Å². The van der Waals surface area contributed by atoms with Gasteiger partial charge in [0, 0.05) is 12.1 Å². The molecule has 3 aliphatic heterocycles. The number of carbonyl (C=O) groups excluding carboxylic acids is 1. The number of phenolic OH excluding ortho intramolecular Hbond substituents is 3. The Morgan fingerprint density at radius 3 is 2.24 bits per heavy atom. The van der Waals surface area contributed by atoms with Crippen LogP contribution in [0.4, 0.5) is 0 Å². The van der Waals surface area contributed by atoms with E-state index < -0.39 is 91.4 Å². The molecule has 3 heterocycles. The predicted octanol–water partition coefficient (Wildman–Crippen LogP) is -1.46. The molecule has 2 fully saturated rings. The summed E-state index contributed by atoms with van der Waals surface area (Å²) in [5, 5.41) is 91.1. The molecule has 0 amide bonds. The van der Waals surface area contributed by atoms with E-state index in [2.05, 4.69) is 0 Å². The second-order valence-corrected chi connectivity index (χ2v) is 10.4. The second kappa shape index (κ2) is 11.8. The number of hydrogen-bond donors (Lipinski definition) is 9. The van der Waals surface area contributed by atoms with Crippen LogP contribution < -0.4 is 9.47 Å². The van der Waals surface area contributed by atoms with Gasteiger partial charge in [-0.15, -0.1) is 0 Å². The fraction of sp³-hybridized carbons (Fsp3) is 0.519. The summed E-state index contributed by atoms with van der Waals surface area (Å²) >= 11 is 0. The molecule has 9 N–H and O–H groups in total. The van der Waals surface area contributed by atoms with Crippen molar-refractivity contribution in [3.63, 3.8) is 0 Å². The van der Waals surface area contributed by atoms with Gasteiger partial charge in [0.15, 0.2) is 23.6 Å². The lowest BCUT2D eigenvalue weighted by Crippen LogP contribution is -2.64. The summed E-state index contributed by atoms with van der Waals surface area (Å²) in [6.07, 6.45) is -16.2. The van der Waals surface area contributed by atoms with E-state index in [1.165, 1.54) is 31.2 Å². The molecule has 0 bridgehead atoms. The molecule has 0 unspecified atom stereocenters. The van der Waals surface area contributed by atoms with Crippen LogP contribution in [0.25, 0.3) is 0 Å². The number of carbonyl (C=O) groups is 1. The highest BCUT2D eigenvalue weighted by Crippen LogP contribution is 2.43. The molecule has 230 valence electrons. The summed E-state index contributed by atoms with van der Waals surface area (Å²) in [5.41, 5.74) is 0.289. The third-order valence-corrected chi connectivity index (χ3v) is 7.51. The smallest absolute Gasteiger partial charge is 0.229 e. The van der Waals surface area contributed by atoms with Gasteiger partial charge in [0.1, 0.15) is 71.6 Å². The highest BCUT2D eigenvalue weighted by molar-refractivity contribution is 6.02. The summed E-state index contributed by atoms with van der Waals surface area (Å²) in [4.78, 5) is 12.8. The lowest BCUT2D eigenvalue weighted by molar-refractivity contribution is -0.348. The summed E-state index contributed by atoms with van der Waals surface area (Å²) in [6, 6.07) is 6.35. The topological polar surface area (TPSA) is 245 Å². The van der Waals surface area contributed by atoms with Crippen molar-refractivity contribution in [1.29, 1.82) is 0 Å². The van der Waals surface area contributed by atoms with Gasteiger partial charge < -0.3 is 69.6 Å². The van der Waals surface area contributed by atoms with Crippen molar-refractivity contribution in [1.82, 2.24) is 0 Å². The first-order valence-corrected chi connectivity index (χ1v) is 13.1. The van der Waals surface area contributed by atoms with E-state index in [4.69, 9.17) is 23.7 Å². The van der Waals surface area contributed by atoms with Crippen LogP contribution in [-0.2, 0) is 14.2 Å². The zero-order valence-corrected chi connectivity index (χ0v) is 22.1. The Bertz CT molecular complexity index is 1300. The van der Waals surface area contributed by atoms with Crippen molar-refractivity contribution < 1.29 is 74.4 Å². The molecular weight excluding hydrogens is 564 g/mol. The van der Waals surface area contributed by atoms with E-state index in [1.807, 2.05) is 0 Å². The summed E-state index contributed by atoms with van der Waals surface area (Å²) in [6.45, 7) is 0.771. The highest BCUT2D eigenvalue weighted by Gasteiger charge is 2.50. The standard InChI is InChI=1S/C27H32O15/c1-9-25(42-27-23(36)21(34)20(33)18(8-28)41-27)22(35)24(37)26(38-9)39-11-5-14(31)19-15(32)7-16(40-17(19)6-11)10-2-3-12(29)13(30)4-10/h2-6,9,16,18,20-31,33-37H,7-8H2,1H3/t9-,16-,18+,20+,21-,22-,23+,24+,25-,26-,27+/m0/s1. The second-order valence-electron chi connectivity index (χ2n) is 10.4. The summed E-state index contributed by atoms with van der Waals surface area (Å²) in [5.74, 6) is -1.82. The predicted molar refractivity (Wildman–Crippen MR) is 136 cm³/mol. The minimum absolute atomic E-state index is 0.0541. The van der Waals surface area contributed by atoms with E-state index in [0.717, 1.165) is 6.07 Å². The number of hydrogen-bond acceptors (Lipinski definition) is 15. The Balaban J connectivity index is 1.30. The number of aromatic hydroxyl groups is 3. The SMILES string of the molecule is C[C@@H]1O[C@@H](Oc2cc(O)c3c(c2)O[C@H](c2ccc(O)c(O)c2)CC3=O)[C@H](O)[C@H](O)[C@H]1O[C@H]1O[C@H](CO)[C@@H](O)[C@H](O)[C@H]1O. The first kappa shape index (κ1) is 30.2. The molecule has 42 heavy (non-hydrogen) atoms. The molecule has 15 heteroatoms. The van der Waals surface area contributed by atoms with Crippen LogP contribution in [-0.4, -0.2) is 120 Å². The molecule has 0 aromatic heterocycles. The van der Waals surface area contributed by atoms with Crippen LogP contribution in [0, 0.1) is 0 Å². The van der Waals surface area contributed by atoms with Crippen LogP contribution in [0.2, 0.25) is 0 Å². The maximum absolute atomic E-state index is 12.8. The van der Waals surface area contributed by atoms with Crippen LogP contribution in [0.5, 0.6) is 28.7 Å². The molecule has 0 saturated carbocycles. The van der Waals surface area contributed by atoms with Gasteiger partial charge in [0.05, 0.1) is 19.1 Å². The van der Waals surface area contributed by atoms with E-state index in [9.17, 15) is 50.8 Å². The van der Waals surface area contributed by atoms with Crippen molar-refractivity contribution in [3.05, 3.63) is 41.5 Å². The molecule has 15 nitrogen and oxygen atoms in total. The maximum Gasteiger partial charge on any atom is 0.229 e. The molecular formula is C27H32O15. The first-order valence-electron chi connectivity index (χ1n) is 13.1. The Kier molecular flexibility index (Phi) is 8.48. The molecule has 11 atom stereocenters. The fourth-order valence-electron chi connectivity index (χ4n) is 5.17. The average Bonchev–Trinajstić information content (AvgIpc) is 2.94. The Morgan fingerprint density at radius 1 is 0.833 bits per heavy atom. The van der Waals surface area contributed by atoms with Gasteiger partial charge in [-0.2, -0.15) is 0 Å². The number of Topliss-reactive ketones (excluding diaryl/α,β-unsaturated/α-hetero) is 1. The zero-order valence-electron chi connectivity index (χ0n) is 22.1. The summed E-state index contributed by atoms with van der Waals surface area (Å²) in [7, 11) is 0. The van der Waals surface area contributed by atoms with Gasteiger partial charge in [-0.05, 0) is 24.6 Å². The normalized spacial score (nSPS) is 36.6. The lowest BCUT2D eigenvalue weighted by Gasteiger charge is -2.45. The van der Waals surface area contributed by atoms with E-state index in [-0.39, 0.29) is 29.2 Å². The molecule has 2 aromatic rings. The molecule has 3 aliphatic rings. The lowest BCUT2D eigenvalue weighted by atomic mass is 9.95. The number of phenols is 3. The number of ether oxygens (including phenoxy) is 5. The Morgan fingerprint density at radius 2 is 1.55 bits per heavy atom. The Hall–Kier alpha value is -3.25. The molecule has 0 spiro atoms. The number of ketones is 1. The number of fused-ring (bicyclic) bond motifs is 1. The van der Waals surface area contributed by atoms with Gasteiger partial charge in [-0.1, -0.05) is 6.07 Å². The largest absolute Gasteiger partial charge is 0.507 e. The molecule has 0 radical (unpaired) electrons. The third-order valence-electron chi connectivity index (χ3n) is 7.51. The molecule has 0 aliphatic carbocycles. The minimum atomic E-state index is -1.75. The van der Waals surface area contributed by atoms with Gasteiger partial charge in [0.25, 0.3) is 0 Å². The average molecular weight is 597 g/mol. The fourth-order valence-corrected chi connectivity index (χ4v) is 5.17. The van der Waals surface area contributed by atoms with E-state index in [0.29, 0.717) is 5.56 Å². The molecule has 2 aromatic carbocycles. The van der Waals surface area contributed by atoms with Crippen LogP contribution >= 0.6 is 0 Å². The van der Waals surface area contributed by atoms with Crippen LogP contribution in [0.15, 0.2) is 30.3 Å². The van der Waals surface area contributed by atoms with Crippen LogP contribution in [0.3, 0.4) is 0 Å². The minimum Gasteiger partial charge on any atom is -0.507 e. The molecule has 5 rings (SSSR count). The number of benzene rings is 2. The van der Waals surface area contributed by atoms with Crippen molar-refractivity contribution in [3.8, 4) is 28.7 Å². The van der Waals surface area contributed by atoms with Gasteiger partial charge in [-0.25, -0.2) is 0 Å². The monoisotopic (exact) mass is 596 g/mol. The van der Waals surface area contributed by atoms with Crippen LogP contribution in [0.1, 0.15) is 35.4 Å². The first-order chi connectivity index (χ1) is 19.9. The number of aliphatic hydroxyl groups excluding tert-OH is 6. The highest BCUT2D eigenvalue weighted by atomic mass is 16.7. The quantitative estimate of drug-likeness (QED) is 0.173. The van der Waals surface area contributed by atoms with E-state index in [1.54, 1.807) is 0 Å². The summed E-state index contributed by atoms with van der Waals surface area (Å²) < 4.78 is 28.2. The third kappa shape index (κ3) is 5.58. The number of aliphatic hydroxyl groups is 6. The maximum atomic E-state index is 12.8. The Labute approximate surface area is 238 Å². The van der Waals surface area contributed by atoms with Gasteiger partial charge >= 0.3 is 0 Å². The van der Waals surface area contributed by atoms with Crippen molar-refractivity contribution in [2.75, 3.05) is 6.61 Å². The molecule has 2 saturated heterocycles. The number of rotatable bonds is 6. The van der Waals surface area contributed by atoms with E-state index >= 15 is 0 Å². The van der Waals surface area contributed by atoms with Gasteiger partial charge in [-0.3, -0.25) is 4.79 Å². The zero-order chi connectivity index (χ0) is 30.5.